The number of hydrogen-bond donors (Lipinski definition) is 0. The van der Waals surface area contributed by atoms with Crippen molar-refractivity contribution >= 4 is 29.0 Å². The molecule has 0 aliphatic rings. The number of halogens is 3. The molecule has 0 aliphatic heterocycles. The van der Waals surface area contributed by atoms with Gasteiger partial charge in [0.05, 0.1) is 5.56 Å². The van der Waals surface area contributed by atoms with Crippen molar-refractivity contribution in [1.29, 1.82) is 0 Å². The Balaban J connectivity index is 2.61. The van der Waals surface area contributed by atoms with E-state index in [0.717, 1.165) is 0 Å². The molecule has 0 heterocycles. The molecule has 0 saturated carbocycles. The normalized spacial score (nSPS) is 10.4. The third-order valence-electron chi connectivity index (χ3n) is 2.59. The van der Waals surface area contributed by atoms with Crippen LogP contribution in [0.4, 0.5) is 4.39 Å². The molecule has 0 fully saturated rings. The quantitative estimate of drug-likeness (QED) is 0.709. The summed E-state index contributed by atoms with van der Waals surface area (Å²) < 4.78 is 13.4. The third-order valence-corrected chi connectivity index (χ3v) is 3.15. The van der Waals surface area contributed by atoms with Crippen molar-refractivity contribution in [3.8, 4) is 11.1 Å². The smallest absolute Gasteiger partial charge is 0.162 e. The third kappa shape index (κ3) is 2.55. The van der Waals surface area contributed by atoms with E-state index in [1.54, 1.807) is 24.3 Å². The van der Waals surface area contributed by atoms with Crippen molar-refractivity contribution in [1.82, 2.24) is 0 Å². The molecule has 0 saturated heterocycles. The summed E-state index contributed by atoms with van der Waals surface area (Å²) in [6, 6.07) is 9.32. The summed E-state index contributed by atoms with van der Waals surface area (Å²) in [5.41, 5.74) is 1.38. The highest BCUT2D eigenvalue weighted by atomic mass is 35.5. The number of hydrogen-bond acceptors (Lipinski definition) is 1. The number of Topliss-reactive ketones (excluding diaryl/α,β-unsaturated/α-hetero) is 1. The van der Waals surface area contributed by atoms with E-state index in [-0.39, 0.29) is 11.3 Å². The molecule has 0 radical (unpaired) electrons. The Morgan fingerprint density at radius 1 is 1.11 bits per heavy atom. The first-order valence-electron chi connectivity index (χ1n) is 5.25. The first-order valence-corrected chi connectivity index (χ1v) is 6.00. The van der Waals surface area contributed by atoms with Gasteiger partial charge in [0.1, 0.15) is 5.82 Å². The van der Waals surface area contributed by atoms with Crippen molar-refractivity contribution < 1.29 is 9.18 Å². The van der Waals surface area contributed by atoms with E-state index in [1.807, 2.05) is 0 Å². The minimum atomic E-state index is -0.538. The van der Waals surface area contributed by atoms with Crippen LogP contribution >= 0.6 is 23.2 Å². The lowest BCUT2D eigenvalue weighted by Crippen LogP contribution is -1.97. The molecular formula is C14H9Cl2FO. The highest BCUT2D eigenvalue weighted by Crippen LogP contribution is 2.31. The highest BCUT2D eigenvalue weighted by Gasteiger charge is 2.11. The van der Waals surface area contributed by atoms with Gasteiger partial charge in [-0.1, -0.05) is 29.3 Å². The maximum Gasteiger partial charge on any atom is 0.162 e. The molecule has 2 rings (SSSR count). The van der Waals surface area contributed by atoms with Gasteiger partial charge in [0.15, 0.2) is 5.78 Å². The second-order valence-corrected chi connectivity index (χ2v) is 4.72. The zero-order chi connectivity index (χ0) is 13.3. The largest absolute Gasteiger partial charge is 0.294 e. The Bertz CT molecular complexity index is 623. The average Bonchev–Trinajstić information content (AvgIpc) is 2.33. The van der Waals surface area contributed by atoms with Crippen LogP contribution in [0, 0.1) is 5.82 Å². The van der Waals surface area contributed by atoms with Gasteiger partial charge in [-0.2, -0.15) is 0 Å². The van der Waals surface area contributed by atoms with Gasteiger partial charge >= 0.3 is 0 Å². The molecule has 2 aromatic rings. The lowest BCUT2D eigenvalue weighted by atomic mass is 10.0. The van der Waals surface area contributed by atoms with Crippen LogP contribution in [0.3, 0.4) is 0 Å². The standard InChI is InChI=1S/C14H9Cl2FO/c1-8(18)11-6-9(2-5-14(11)17)12-7-10(15)3-4-13(12)16/h2-7H,1H3. The molecule has 0 amide bonds. The molecule has 0 aliphatic carbocycles. The topological polar surface area (TPSA) is 17.1 Å². The van der Waals surface area contributed by atoms with Crippen molar-refractivity contribution in [2.75, 3.05) is 0 Å². The fourth-order valence-corrected chi connectivity index (χ4v) is 2.08. The molecule has 0 bridgehead atoms. The summed E-state index contributed by atoms with van der Waals surface area (Å²) in [4.78, 5) is 11.3. The fourth-order valence-electron chi connectivity index (χ4n) is 1.68. The first-order chi connectivity index (χ1) is 8.49. The van der Waals surface area contributed by atoms with Crippen LogP contribution in [0.5, 0.6) is 0 Å². The SMILES string of the molecule is CC(=O)c1cc(-c2cc(Cl)ccc2Cl)ccc1F. The van der Waals surface area contributed by atoms with E-state index in [9.17, 15) is 9.18 Å². The predicted octanol–water partition coefficient (Wildman–Crippen LogP) is 5.00. The van der Waals surface area contributed by atoms with Crippen LogP contribution < -0.4 is 0 Å². The van der Waals surface area contributed by atoms with E-state index in [0.29, 0.717) is 21.2 Å². The maximum atomic E-state index is 13.4. The molecule has 2 aromatic carbocycles. The number of rotatable bonds is 2. The van der Waals surface area contributed by atoms with Crippen LogP contribution in [0.25, 0.3) is 11.1 Å². The maximum absolute atomic E-state index is 13.4. The average molecular weight is 283 g/mol. The lowest BCUT2D eigenvalue weighted by Gasteiger charge is -2.07. The van der Waals surface area contributed by atoms with Crippen molar-refractivity contribution in [3.63, 3.8) is 0 Å². The molecular weight excluding hydrogens is 274 g/mol. The second kappa shape index (κ2) is 5.09. The molecule has 1 nitrogen and oxygen atoms in total. The minimum absolute atomic E-state index is 0.0449. The van der Waals surface area contributed by atoms with E-state index >= 15 is 0 Å². The molecule has 0 atom stereocenters. The van der Waals surface area contributed by atoms with E-state index in [2.05, 4.69) is 0 Å². The van der Waals surface area contributed by atoms with Crippen LogP contribution in [-0.2, 0) is 0 Å². The number of carbonyl (C=O) groups excluding carboxylic acids is 1. The van der Waals surface area contributed by atoms with Gasteiger partial charge in [0.25, 0.3) is 0 Å². The summed E-state index contributed by atoms with van der Waals surface area (Å²) >= 11 is 12.0. The number of carbonyl (C=O) groups is 1. The van der Waals surface area contributed by atoms with Crippen LogP contribution in [0.1, 0.15) is 17.3 Å². The van der Waals surface area contributed by atoms with Crippen LogP contribution in [0.15, 0.2) is 36.4 Å². The Hall–Kier alpha value is -1.38. The molecule has 0 spiro atoms. The van der Waals surface area contributed by atoms with Crippen molar-refractivity contribution in [2.24, 2.45) is 0 Å². The van der Waals surface area contributed by atoms with E-state index < -0.39 is 5.82 Å². The molecule has 4 heteroatoms. The highest BCUT2D eigenvalue weighted by molar-refractivity contribution is 6.35. The van der Waals surface area contributed by atoms with Gasteiger partial charge in [-0.25, -0.2) is 4.39 Å². The van der Waals surface area contributed by atoms with Gasteiger partial charge < -0.3 is 0 Å². The van der Waals surface area contributed by atoms with E-state index in [1.165, 1.54) is 19.1 Å². The van der Waals surface area contributed by atoms with E-state index in [4.69, 9.17) is 23.2 Å². The van der Waals surface area contributed by atoms with Crippen LogP contribution in [-0.4, -0.2) is 5.78 Å². The summed E-state index contributed by atoms with van der Waals surface area (Å²) in [6.45, 7) is 1.32. The molecule has 0 unspecified atom stereocenters. The van der Waals surface area contributed by atoms with Gasteiger partial charge in [-0.05, 0) is 42.8 Å². The summed E-state index contributed by atoms with van der Waals surface area (Å²) in [5, 5.41) is 1.03. The summed E-state index contributed by atoms with van der Waals surface area (Å²) in [5.74, 6) is -0.864. The Kier molecular flexibility index (Phi) is 3.69. The van der Waals surface area contributed by atoms with Crippen molar-refractivity contribution in [3.05, 3.63) is 57.8 Å². The molecule has 0 N–H and O–H groups in total. The zero-order valence-corrected chi connectivity index (χ0v) is 11.0. The summed E-state index contributed by atoms with van der Waals surface area (Å²) in [6.07, 6.45) is 0. The number of benzene rings is 2. The van der Waals surface area contributed by atoms with Gasteiger partial charge in [0, 0.05) is 15.6 Å². The number of ketones is 1. The van der Waals surface area contributed by atoms with Crippen molar-refractivity contribution in [2.45, 2.75) is 6.92 Å². The monoisotopic (exact) mass is 282 g/mol. The molecule has 18 heavy (non-hydrogen) atoms. The molecule has 92 valence electrons. The summed E-state index contributed by atoms with van der Waals surface area (Å²) in [7, 11) is 0. The lowest BCUT2D eigenvalue weighted by molar-refractivity contribution is 0.101. The second-order valence-electron chi connectivity index (χ2n) is 3.87. The van der Waals surface area contributed by atoms with Gasteiger partial charge in [-0.3, -0.25) is 4.79 Å². The van der Waals surface area contributed by atoms with Gasteiger partial charge in [0.2, 0.25) is 0 Å². The minimum Gasteiger partial charge on any atom is -0.294 e. The Morgan fingerprint density at radius 2 is 1.83 bits per heavy atom. The Morgan fingerprint density at radius 3 is 2.50 bits per heavy atom. The van der Waals surface area contributed by atoms with Gasteiger partial charge in [-0.15, -0.1) is 0 Å². The zero-order valence-electron chi connectivity index (χ0n) is 9.51. The fraction of sp³-hybridized carbons (Fsp3) is 0.0714. The molecule has 0 aromatic heterocycles. The predicted molar refractivity (Wildman–Crippen MR) is 71.9 cm³/mol. The first kappa shape index (κ1) is 13.1. The Labute approximate surface area is 114 Å². The van der Waals surface area contributed by atoms with Crippen LogP contribution in [0.2, 0.25) is 10.0 Å².